The van der Waals surface area contributed by atoms with Gasteiger partial charge < -0.3 is 15.4 Å². The van der Waals surface area contributed by atoms with Crippen LogP contribution in [0.3, 0.4) is 0 Å². The minimum atomic E-state index is -4.40. The number of carbonyl (C=O) groups excluding carboxylic acids is 1. The number of ether oxygens (including phenoxy) is 1. The molecule has 4 nitrogen and oxygen atoms in total. The number of aryl methyl sites for hydroxylation is 1. The van der Waals surface area contributed by atoms with E-state index in [1.807, 2.05) is 36.5 Å². The van der Waals surface area contributed by atoms with Gasteiger partial charge in [-0.25, -0.2) is 0 Å². The van der Waals surface area contributed by atoms with Gasteiger partial charge in [-0.1, -0.05) is 12.1 Å². The largest absolute Gasteiger partial charge is 0.492 e. The Hall–Kier alpha value is -1.76. The predicted octanol–water partition coefficient (Wildman–Crippen LogP) is 2.03. The van der Waals surface area contributed by atoms with Crippen molar-refractivity contribution in [2.45, 2.75) is 26.1 Å². The Balaban J connectivity index is 2.21. The summed E-state index contributed by atoms with van der Waals surface area (Å²) in [5.74, 6) is 0.0221. The summed E-state index contributed by atoms with van der Waals surface area (Å²) in [6.07, 6.45) is -4.40. The van der Waals surface area contributed by atoms with E-state index >= 15 is 0 Å². The minimum Gasteiger partial charge on any atom is -0.492 e. The van der Waals surface area contributed by atoms with Crippen molar-refractivity contribution in [1.29, 1.82) is 0 Å². The van der Waals surface area contributed by atoms with E-state index in [2.05, 4.69) is 5.32 Å². The molecule has 0 saturated carbocycles. The Bertz CT molecular complexity index is 464. The van der Waals surface area contributed by atoms with Gasteiger partial charge in [0.25, 0.3) is 0 Å². The molecule has 1 atom stereocenters. The van der Waals surface area contributed by atoms with E-state index in [9.17, 15) is 18.0 Å². The molecule has 0 heterocycles. The highest BCUT2D eigenvalue weighted by atomic mass is 19.4. The summed E-state index contributed by atoms with van der Waals surface area (Å²) in [4.78, 5) is 11.4. The smallest absolute Gasteiger partial charge is 0.405 e. The Labute approximate surface area is 121 Å². The summed E-state index contributed by atoms with van der Waals surface area (Å²) in [6, 6.07) is 6.78. The number of alkyl halides is 3. The molecule has 2 N–H and O–H groups in total. The average molecular weight is 304 g/mol. The van der Waals surface area contributed by atoms with Crippen LogP contribution in [0.4, 0.5) is 13.2 Å². The Kier molecular flexibility index (Phi) is 6.48. The quantitative estimate of drug-likeness (QED) is 0.758. The van der Waals surface area contributed by atoms with Gasteiger partial charge in [0.15, 0.2) is 0 Å². The zero-order valence-corrected chi connectivity index (χ0v) is 12.0. The molecule has 0 spiro atoms. The molecule has 1 amide bonds. The molecule has 0 aliphatic rings. The van der Waals surface area contributed by atoms with Crippen molar-refractivity contribution in [3.05, 3.63) is 29.8 Å². The molecule has 0 aromatic heterocycles. The first-order valence-electron chi connectivity index (χ1n) is 6.55. The number of rotatable bonds is 7. The maximum Gasteiger partial charge on any atom is 0.405 e. The van der Waals surface area contributed by atoms with Crippen molar-refractivity contribution < 1.29 is 22.7 Å². The third kappa shape index (κ3) is 7.55. The molecule has 0 bridgehead atoms. The van der Waals surface area contributed by atoms with E-state index in [0.29, 0.717) is 18.9 Å². The standard InChI is InChI=1S/C14H19F3N2O2/c1-10-4-3-5-12(8-10)21-7-6-18-11(2)13(20)19-9-14(15,16)17/h3-5,8,11,18H,6-7,9H2,1-2H3,(H,19,20). The third-order valence-corrected chi connectivity index (χ3v) is 2.67. The molecule has 21 heavy (non-hydrogen) atoms. The summed E-state index contributed by atoms with van der Waals surface area (Å²) in [5.41, 5.74) is 1.07. The van der Waals surface area contributed by atoms with E-state index in [4.69, 9.17) is 4.74 Å². The molecule has 0 radical (unpaired) electrons. The van der Waals surface area contributed by atoms with E-state index in [0.717, 1.165) is 5.56 Å². The summed E-state index contributed by atoms with van der Waals surface area (Å²) < 4.78 is 41.3. The van der Waals surface area contributed by atoms with Gasteiger partial charge in [0.2, 0.25) is 5.91 Å². The first-order chi connectivity index (χ1) is 9.78. The SMILES string of the molecule is Cc1cccc(OCCNC(C)C(=O)NCC(F)(F)F)c1. The van der Waals surface area contributed by atoms with E-state index < -0.39 is 24.7 Å². The van der Waals surface area contributed by atoms with Gasteiger partial charge in [0.05, 0.1) is 6.04 Å². The highest BCUT2D eigenvalue weighted by Crippen LogP contribution is 2.12. The van der Waals surface area contributed by atoms with Crippen LogP contribution in [0, 0.1) is 6.92 Å². The van der Waals surface area contributed by atoms with Crippen LogP contribution in [-0.4, -0.2) is 37.8 Å². The molecule has 1 aromatic carbocycles. The molecule has 0 saturated heterocycles. The van der Waals surface area contributed by atoms with Crippen LogP contribution in [-0.2, 0) is 4.79 Å². The number of amides is 1. The van der Waals surface area contributed by atoms with Crippen LogP contribution in [0.2, 0.25) is 0 Å². The fourth-order valence-corrected chi connectivity index (χ4v) is 1.58. The second kappa shape index (κ2) is 7.87. The molecule has 118 valence electrons. The topological polar surface area (TPSA) is 50.4 Å². The molecule has 0 aliphatic carbocycles. The van der Waals surface area contributed by atoms with Gasteiger partial charge in [0, 0.05) is 6.54 Å². The first kappa shape index (κ1) is 17.3. The monoisotopic (exact) mass is 304 g/mol. The van der Waals surface area contributed by atoms with Crippen LogP contribution in [0.1, 0.15) is 12.5 Å². The maximum atomic E-state index is 12.0. The number of nitrogens with one attached hydrogen (secondary N) is 2. The van der Waals surface area contributed by atoms with E-state index in [1.54, 1.807) is 0 Å². The number of carbonyl (C=O) groups is 1. The van der Waals surface area contributed by atoms with Crippen molar-refractivity contribution in [3.8, 4) is 5.75 Å². The van der Waals surface area contributed by atoms with E-state index in [1.165, 1.54) is 6.92 Å². The van der Waals surface area contributed by atoms with Gasteiger partial charge in [-0.2, -0.15) is 13.2 Å². The molecular weight excluding hydrogens is 285 g/mol. The molecule has 1 aromatic rings. The molecule has 1 rings (SSSR count). The van der Waals surface area contributed by atoms with E-state index in [-0.39, 0.29) is 0 Å². The Morgan fingerprint density at radius 1 is 1.38 bits per heavy atom. The molecule has 0 fully saturated rings. The van der Waals surface area contributed by atoms with Crippen LogP contribution in [0.5, 0.6) is 5.75 Å². The number of halogens is 3. The minimum absolute atomic E-state index is 0.320. The number of hydrogen-bond donors (Lipinski definition) is 2. The van der Waals surface area contributed by atoms with Crippen molar-refractivity contribution in [2.75, 3.05) is 19.7 Å². The normalized spacial score (nSPS) is 12.8. The van der Waals surface area contributed by atoms with Crippen molar-refractivity contribution in [1.82, 2.24) is 10.6 Å². The third-order valence-electron chi connectivity index (χ3n) is 2.67. The fourth-order valence-electron chi connectivity index (χ4n) is 1.58. The zero-order valence-electron chi connectivity index (χ0n) is 12.0. The molecule has 0 aliphatic heterocycles. The summed E-state index contributed by atoms with van der Waals surface area (Å²) in [7, 11) is 0. The maximum absolute atomic E-state index is 12.0. The van der Waals surface area contributed by atoms with Gasteiger partial charge >= 0.3 is 6.18 Å². The van der Waals surface area contributed by atoms with Crippen molar-refractivity contribution >= 4 is 5.91 Å². The van der Waals surface area contributed by atoms with Crippen LogP contribution in [0.15, 0.2) is 24.3 Å². The Morgan fingerprint density at radius 2 is 2.10 bits per heavy atom. The first-order valence-corrected chi connectivity index (χ1v) is 6.55. The molecule has 7 heteroatoms. The summed E-state index contributed by atoms with van der Waals surface area (Å²) in [6.45, 7) is 2.79. The van der Waals surface area contributed by atoms with Crippen molar-refractivity contribution in [3.63, 3.8) is 0 Å². The lowest BCUT2D eigenvalue weighted by atomic mass is 10.2. The molecule has 1 unspecified atom stereocenters. The van der Waals surface area contributed by atoms with Crippen LogP contribution < -0.4 is 15.4 Å². The van der Waals surface area contributed by atoms with Gasteiger partial charge in [-0.3, -0.25) is 4.79 Å². The van der Waals surface area contributed by atoms with Gasteiger partial charge in [-0.15, -0.1) is 0 Å². The lowest BCUT2D eigenvalue weighted by molar-refractivity contribution is -0.139. The van der Waals surface area contributed by atoms with Crippen molar-refractivity contribution in [2.24, 2.45) is 0 Å². The Morgan fingerprint density at radius 3 is 2.71 bits per heavy atom. The van der Waals surface area contributed by atoms with Gasteiger partial charge in [0.1, 0.15) is 18.9 Å². The molecular formula is C14H19F3N2O2. The second-order valence-corrected chi connectivity index (χ2v) is 4.67. The highest BCUT2D eigenvalue weighted by molar-refractivity contribution is 5.81. The van der Waals surface area contributed by atoms with Crippen LogP contribution in [0.25, 0.3) is 0 Å². The van der Waals surface area contributed by atoms with Gasteiger partial charge in [-0.05, 0) is 31.5 Å². The summed E-state index contributed by atoms with van der Waals surface area (Å²) >= 11 is 0. The average Bonchev–Trinajstić information content (AvgIpc) is 2.40. The lowest BCUT2D eigenvalue weighted by Crippen LogP contribution is -2.46. The zero-order chi connectivity index (χ0) is 15.9. The number of hydrogen-bond acceptors (Lipinski definition) is 3. The fraction of sp³-hybridized carbons (Fsp3) is 0.500. The highest BCUT2D eigenvalue weighted by Gasteiger charge is 2.28. The second-order valence-electron chi connectivity index (χ2n) is 4.67. The van der Waals surface area contributed by atoms with Crippen LogP contribution >= 0.6 is 0 Å². The predicted molar refractivity (Wildman–Crippen MR) is 73.2 cm³/mol. The lowest BCUT2D eigenvalue weighted by Gasteiger charge is -2.15. The summed E-state index contributed by atoms with van der Waals surface area (Å²) in [5, 5.41) is 4.62. The number of benzene rings is 1.